The van der Waals surface area contributed by atoms with Gasteiger partial charge in [-0.15, -0.1) is 0 Å². The molecule has 7 heteroatoms. The number of piperidine rings is 1. The number of allylic oxidation sites excluding steroid dienone is 1. The van der Waals surface area contributed by atoms with Gasteiger partial charge in [0.15, 0.2) is 11.2 Å². The summed E-state index contributed by atoms with van der Waals surface area (Å²) in [6, 6.07) is 22.6. The van der Waals surface area contributed by atoms with Crippen molar-refractivity contribution in [2.24, 2.45) is 0 Å². The minimum atomic E-state index is -0.416. The first-order valence-electron chi connectivity index (χ1n) is 16.0. The molecule has 1 saturated carbocycles. The van der Waals surface area contributed by atoms with Gasteiger partial charge in [-0.2, -0.15) is 0 Å². The van der Waals surface area contributed by atoms with Crippen LogP contribution in [0.1, 0.15) is 83.7 Å². The summed E-state index contributed by atoms with van der Waals surface area (Å²) in [6.07, 6.45) is 9.37. The van der Waals surface area contributed by atoms with Crippen LogP contribution in [0, 0.1) is 6.92 Å². The van der Waals surface area contributed by atoms with Gasteiger partial charge in [0.25, 0.3) is 5.91 Å². The smallest absolute Gasteiger partial charge is 0.287 e. The average Bonchev–Trinajstić information content (AvgIpc) is 3.04. The minimum absolute atomic E-state index is 0.00311. The molecule has 2 fully saturated rings. The topological polar surface area (TPSA) is 79.6 Å². The molecule has 2 amide bonds. The largest absolute Gasteiger partial charge is 0.451 e. The van der Waals surface area contributed by atoms with E-state index in [1.54, 1.807) is 12.1 Å². The number of nitrogens with one attached hydrogen (secondary N) is 1. The van der Waals surface area contributed by atoms with E-state index in [1.807, 2.05) is 42.2 Å². The lowest BCUT2D eigenvalue weighted by Crippen LogP contribution is -2.36. The van der Waals surface area contributed by atoms with E-state index in [4.69, 9.17) is 16.0 Å². The van der Waals surface area contributed by atoms with Crippen molar-refractivity contribution in [2.45, 2.75) is 76.8 Å². The van der Waals surface area contributed by atoms with Crippen LogP contribution in [0.15, 0.2) is 93.7 Å². The Kier molecular flexibility index (Phi) is 9.50. The van der Waals surface area contributed by atoms with E-state index in [-0.39, 0.29) is 23.1 Å². The Labute approximate surface area is 269 Å². The number of aryl methyl sites for hydroxylation is 1. The zero-order chi connectivity index (χ0) is 31.3. The molecular formula is C38H39ClN2O4. The summed E-state index contributed by atoms with van der Waals surface area (Å²) in [4.78, 5) is 40.7. The lowest BCUT2D eigenvalue weighted by atomic mass is 9.79. The van der Waals surface area contributed by atoms with Crippen LogP contribution in [-0.4, -0.2) is 29.3 Å². The van der Waals surface area contributed by atoms with Gasteiger partial charge in [0, 0.05) is 30.6 Å². The van der Waals surface area contributed by atoms with Gasteiger partial charge in [-0.3, -0.25) is 14.4 Å². The van der Waals surface area contributed by atoms with Gasteiger partial charge < -0.3 is 14.6 Å². The molecule has 1 N–H and O–H groups in total. The second-order valence-electron chi connectivity index (χ2n) is 12.5. The molecule has 0 radical (unpaired) electrons. The third kappa shape index (κ3) is 7.56. The summed E-state index contributed by atoms with van der Waals surface area (Å²) in [6.45, 7) is 3.44. The van der Waals surface area contributed by atoms with Crippen molar-refractivity contribution in [3.63, 3.8) is 0 Å². The van der Waals surface area contributed by atoms with Gasteiger partial charge in [-0.1, -0.05) is 71.3 Å². The van der Waals surface area contributed by atoms with Crippen LogP contribution in [0.25, 0.3) is 11.0 Å². The Morgan fingerprint density at radius 1 is 1.00 bits per heavy atom. The maximum absolute atomic E-state index is 13.4. The van der Waals surface area contributed by atoms with E-state index in [9.17, 15) is 14.4 Å². The molecular weight excluding hydrogens is 584 g/mol. The van der Waals surface area contributed by atoms with Gasteiger partial charge in [0.1, 0.15) is 5.58 Å². The van der Waals surface area contributed by atoms with Crippen LogP contribution < -0.4 is 10.7 Å². The van der Waals surface area contributed by atoms with E-state index >= 15 is 0 Å². The fourth-order valence-corrected chi connectivity index (χ4v) is 6.84. The number of halogens is 1. The first-order valence-corrected chi connectivity index (χ1v) is 16.3. The summed E-state index contributed by atoms with van der Waals surface area (Å²) in [5.41, 5.74) is 6.08. The van der Waals surface area contributed by atoms with Crippen LogP contribution in [0.2, 0.25) is 5.02 Å². The number of hydrogen-bond acceptors (Lipinski definition) is 4. The predicted molar refractivity (Wildman–Crippen MR) is 179 cm³/mol. The normalized spacial score (nSPS) is 17.7. The molecule has 4 aromatic rings. The van der Waals surface area contributed by atoms with Crippen molar-refractivity contribution in [1.82, 2.24) is 10.2 Å². The summed E-state index contributed by atoms with van der Waals surface area (Å²) < 4.78 is 5.88. The number of likely N-dealkylation sites (tertiary alicyclic amines) is 1. The maximum Gasteiger partial charge on any atom is 0.287 e. The Morgan fingerprint density at radius 3 is 2.56 bits per heavy atom. The van der Waals surface area contributed by atoms with Gasteiger partial charge >= 0.3 is 0 Å². The zero-order valence-corrected chi connectivity index (χ0v) is 26.4. The molecule has 45 heavy (non-hydrogen) atoms. The molecule has 2 aliphatic rings. The Morgan fingerprint density at radius 2 is 1.78 bits per heavy atom. The first kappa shape index (κ1) is 30.8. The Bertz CT molecular complexity index is 1780. The monoisotopic (exact) mass is 622 g/mol. The molecule has 1 atom stereocenters. The first-order chi connectivity index (χ1) is 21.8. The highest BCUT2D eigenvalue weighted by molar-refractivity contribution is 6.30. The van der Waals surface area contributed by atoms with Crippen LogP contribution in [0.5, 0.6) is 0 Å². The fourth-order valence-electron chi connectivity index (χ4n) is 6.71. The Hall–Kier alpha value is -4.16. The van der Waals surface area contributed by atoms with Crippen LogP contribution >= 0.6 is 11.6 Å². The average molecular weight is 623 g/mol. The van der Waals surface area contributed by atoms with Gasteiger partial charge in [-0.05, 0) is 98.7 Å². The van der Waals surface area contributed by atoms with Crippen molar-refractivity contribution < 1.29 is 14.0 Å². The molecule has 1 aromatic heterocycles. The predicted octanol–water partition coefficient (Wildman–Crippen LogP) is 7.89. The van der Waals surface area contributed by atoms with Gasteiger partial charge in [-0.25, -0.2) is 0 Å². The third-order valence-electron chi connectivity index (χ3n) is 9.13. The molecule has 1 aliphatic carbocycles. The maximum atomic E-state index is 13.4. The minimum Gasteiger partial charge on any atom is -0.451 e. The molecule has 6 nitrogen and oxygen atoms in total. The quantitative estimate of drug-likeness (QED) is 0.203. The van der Waals surface area contributed by atoms with Crippen LogP contribution in [0.3, 0.4) is 0 Å². The molecule has 0 unspecified atom stereocenters. The highest BCUT2D eigenvalue weighted by Crippen LogP contribution is 2.37. The number of hydrogen-bond donors (Lipinski definition) is 1. The van der Waals surface area contributed by atoms with Crippen molar-refractivity contribution in [3.8, 4) is 0 Å². The highest BCUT2D eigenvalue weighted by atomic mass is 35.5. The van der Waals surface area contributed by atoms with Crippen molar-refractivity contribution in [1.29, 1.82) is 0 Å². The van der Waals surface area contributed by atoms with Crippen molar-refractivity contribution >= 4 is 34.4 Å². The second-order valence-corrected chi connectivity index (χ2v) is 12.9. The van der Waals surface area contributed by atoms with Gasteiger partial charge in [0.05, 0.1) is 11.4 Å². The molecule has 3 aromatic carbocycles. The Balaban J connectivity index is 1.18. The lowest BCUT2D eigenvalue weighted by Gasteiger charge is -2.31. The summed E-state index contributed by atoms with van der Waals surface area (Å²) in [5, 5.41) is 4.26. The number of carbonyl (C=O) groups excluding carboxylic acids is 2. The number of carbonyl (C=O) groups is 2. The van der Waals surface area contributed by atoms with Crippen LogP contribution in [-0.2, 0) is 17.8 Å². The van der Waals surface area contributed by atoms with Crippen LogP contribution in [0.4, 0.5) is 0 Å². The number of amides is 2. The fraction of sp³-hybridized carbons (Fsp3) is 0.342. The van der Waals surface area contributed by atoms with E-state index < -0.39 is 5.91 Å². The molecule has 2 heterocycles. The standard InChI is InChI=1S/C38H39ClN2O4/c1-25-9-18-35-33(20-25)34(42)23-36(45-35)38(44)40-31(22-27-12-16-30(39)17-13-27)21-26-10-14-28(15-11-26)32-7-3-2-6-29(32)24-41-19-5-4-8-37(41)43/h2-3,6-7,9,12-13,16-18,20-21,23,28,31H,4-5,8,10-11,14-15,19,22,24H2,1H3,(H,40,44)/t28?,31-/m0/s1. The summed E-state index contributed by atoms with van der Waals surface area (Å²) >= 11 is 6.13. The molecule has 0 bridgehead atoms. The lowest BCUT2D eigenvalue weighted by molar-refractivity contribution is -0.133. The summed E-state index contributed by atoms with van der Waals surface area (Å²) in [7, 11) is 0. The molecule has 232 valence electrons. The van der Waals surface area contributed by atoms with E-state index in [1.165, 1.54) is 22.8 Å². The zero-order valence-electron chi connectivity index (χ0n) is 25.7. The second kappa shape index (κ2) is 13.9. The third-order valence-corrected chi connectivity index (χ3v) is 9.39. The van der Waals surface area contributed by atoms with E-state index in [0.717, 1.165) is 56.2 Å². The molecule has 1 aliphatic heterocycles. The molecule has 0 spiro atoms. The van der Waals surface area contributed by atoms with Crippen molar-refractivity contribution in [2.75, 3.05) is 6.54 Å². The van der Waals surface area contributed by atoms with E-state index in [0.29, 0.717) is 41.3 Å². The number of benzene rings is 3. The summed E-state index contributed by atoms with van der Waals surface area (Å²) in [5.74, 6) is 0.276. The molecule has 1 saturated heterocycles. The highest BCUT2D eigenvalue weighted by Gasteiger charge is 2.25. The number of rotatable bonds is 8. The van der Waals surface area contributed by atoms with Gasteiger partial charge in [0.2, 0.25) is 5.91 Å². The number of nitrogens with zero attached hydrogens (tertiary/aromatic N) is 1. The van der Waals surface area contributed by atoms with Crippen molar-refractivity contribution in [3.05, 3.63) is 128 Å². The van der Waals surface area contributed by atoms with E-state index in [2.05, 4.69) is 35.7 Å². The molecule has 6 rings (SSSR count). The number of fused-ring (bicyclic) bond motifs is 1. The SMILES string of the molecule is Cc1ccc2oc(C(=O)N[C@@H](C=C3CCC(c4ccccc4CN4CCCCC4=O)CC3)Cc3ccc(Cl)cc3)cc(=O)c2c1.